The maximum absolute atomic E-state index is 12.8. The maximum atomic E-state index is 12.8. The van der Waals surface area contributed by atoms with Crippen LogP contribution in [0.5, 0.6) is 0 Å². The number of hydrogen-bond acceptors (Lipinski definition) is 5. The van der Waals surface area contributed by atoms with Crippen LogP contribution in [0.25, 0.3) is 0 Å². The van der Waals surface area contributed by atoms with Crippen LogP contribution < -0.4 is 5.32 Å². The van der Waals surface area contributed by atoms with E-state index in [1.165, 1.54) is 0 Å². The Kier molecular flexibility index (Phi) is 4.94. The molecule has 3 rings (SSSR count). The van der Waals surface area contributed by atoms with E-state index in [2.05, 4.69) is 5.32 Å². The molecule has 1 N–H and O–H groups in total. The summed E-state index contributed by atoms with van der Waals surface area (Å²) in [5.74, 6) is -0.984. The summed E-state index contributed by atoms with van der Waals surface area (Å²) in [6.45, 7) is 1.46. The van der Waals surface area contributed by atoms with Crippen LogP contribution in [0.4, 0.5) is 4.79 Å². The molecule has 1 aliphatic heterocycles. The van der Waals surface area contributed by atoms with Gasteiger partial charge in [-0.15, -0.1) is 0 Å². The van der Waals surface area contributed by atoms with Crippen molar-refractivity contribution in [3.05, 3.63) is 35.4 Å². The Hall–Kier alpha value is -2.88. The van der Waals surface area contributed by atoms with E-state index in [1.807, 2.05) is 13.0 Å². The molecule has 26 heavy (non-hydrogen) atoms. The molecule has 1 aromatic rings. The molecule has 0 unspecified atom stereocenters. The number of esters is 1. The molecule has 7 heteroatoms. The van der Waals surface area contributed by atoms with E-state index >= 15 is 0 Å². The third kappa shape index (κ3) is 3.15. The first-order valence-electron chi connectivity index (χ1n) is 8.75. The van der Waals surface area contributed by atoms with Crippen LogP contribution in [0.2, 0.25) is 0 Å². The van der Waals surface area contributed by atoms with E-state index in [9.17, 15) is 14.4 Å². The molecule has 1 aromatic carbocycles. The number of carbonyl (C=O) groups excluding carboxylic acids is 3. The number of imide groups is 1. The van der Waals surface area contributed by atoms with Crippen molar-refractivity contribution in [3.63, 3.8) is 0 Å². The van der Waals surface area contributed by atoms with Crippen LogP contribution in [-0.2, 0) is 20.9 Å². The third-order valence-corrected chi connectivity index (χ3v) is 5.32. The highest BCUT2D eigenvalue weighted by atomic mass is 16.5. The van der Waals surface area contributed by atoms with Crippen molar-refractivity contribution in [2.45, 2.75) is 44.8 Å². The zero-order valence-corrected chi connectivity index (χ0v) is 14.7. The summed E-state index contributed by atoms with van der Waals surface area (Å²) in [7, 11) is 0. The summed E-state index contributed by atoms with van der Waals surface area (Å²) in [4.78, 5) is 38.1. The molecule has 1 saturated carbocycles. The molecule has 1 heterocycles. The quantitative estimate of drug-likeness (QED) is 0.659. The SMILES string of the molecule is C[C@H]1CCCC[C@@]12NC(=O)N(CC(=O)OCc1ccccc1C#N)C2=O. The molecule has 1 spiro atoms. The molecular formula is C19H21N3O4. The van der Waals surface area contributed by atoms with Crippen LogP contribution in [0, 0.1) is 17.2 Å². The van der Waals surface area contributed by atoms with Gasteiger partial charge in [0.05, 0.1) is 11.6 Å². The number of ether oxygens (including phenoxy) is 1. The number of nitrogens with zero attached hydrogens (tertiary/aromatic N) is 2. The highest BCUT2D eigenvalue weighted by Gasteiger charge is 2.55. The average Bonchev–Trinajstić information content (AvgIpc) is 2.87. The highest BCUT2D eigenvalue weighted by Crippen LogP contribution is 2.38. The molecule has 2 aliphatic rings. The third-order valence-electron chi connectivity index (χ3n) is 5.32. The summed E-state index contributed by atoms with van der Waals surface area (Å²) in [5.41, 5.74) is 0.117. The summed E-state index contributed by atoms with van der Waals surface area (Å²) < 4.78 is 5.17. The summed E-state index contributed by atoms with van der Waals surface area (Å²) >= 11 is 0. The van der Waals surface area contributed by atoms with Gasteiger partial charge in [-0.1, -0.05) is 38.0 Å². The second kappa shape index (κ2) is 7.16. The lowest BCUT2D eigenvalue weighted by molar-refractivity contribution is -0.149. The van der Waals surface area contributed by atoms with Crippen molar-refractivity contribution < 1.29 is 19.1 Å². The highest BCUT2D eigenvalue weighted by molar-refractivity contribution is 6.08. The maximum Gasteiger partial charge on any atom is 0.326 e. The van der Waals surface area contributed by atoms with Gasteiger partial charge in [0.1, 0.15) is 18.7 Å². The molecule has 2 fully saturated rings. The van der Waals surface area contributed by atoms with Crippen LogP contribution in [0.3, 0.4) is 0 Å². The first-order chi connectivity index (χ1) is 12.5. The minimum Gasteiger partial charge on any atom is -0.459 e. The minimum absolute atomic E-state index is 0.0382. The van der Waals surface area contributed by atoms with Crippen LogP contribution in [-0.4, -0.2) is 34.9 Å². The molecule has 0 radical (unpaired) electrons. The molecular weight excluding hydrogens is 334 g/mol. The Morgan fingerprint density at radius 2 is 2.15 bits per heavy atom. The van der Waals surface area contributed by atoms with E-state index in [1.54, 1.807) is 24.3 Å². The Bertz CT molecular complexity index is 785. The fourth-order valence-electron chi connectivity index (χ4n) is 3.73. The molecule has 7 nitrogen and oxygen atoms in total. The van der Waals surface area contributed by atoms with Gasteiger partial charge in [0.2, 0.25) is 0 Å². The number of amides is 3. The zero-order valence-electron chi connectivity index (χ0n) is 14.7. The summed E-state index contributed by atoms with van der Waals surface area (Å²) in [6.07, 6.45) is 3.38. The van der Waals surface area contributed by atoms with Gasteiger partial charge >= 0.3 is 12.0 Å². The molecule has 0 bridgehead atoms. The smallest absolute Gasteiger partial charge is 0.326 e. The predicted molar refractivity (Wildman–Crippen MR) is 91.6 cm³/mol. The molecule has 136 valence electrons. The van der Waals surface area contributed by atoms with Gasteiger partial charge in [-0.05, 0) is 24.8 Å². The number of benzene rings is 1. The van der Waals surface area contributed by atoms with Gasteiger partial charge < -0.3 is 10.1 Å². The number of rotatable bonds is 4. The second-order valence-electron chi connectivity index (χ2n) is 6.87. The topological polar surface area (TPSA) is 99.5 Å². The van der Waals surface area contributed by atoms with Crippen molar-refractivity contribution >= 4 is 17.9 Å². The lowest BCUT2D eigenvalue weighted by Gasteiger charge is -2.36. The molecule has 2 atom stereocenters. The fraction of sp³-hybridized carbons (Fsp3) is 0.474. The van der Waals surface area contributed by atoms with E-state index in [4.69, 9.17) is 10.00 Å². The van der Waals surface area contributed by atoms with Crippen molar-refractivity contribution in [3.8, 4) is 6.07 Å². The lowest BCUT2D eigenvalue weighted by Crippen LogP contribution is -2.54. The van der Waals surface area contributed by atoms with Crippen LogP contribution in [0.15, 0.2) is 24.3 Å². The molecule has 3 amide bonds. The molecule has 1 aliphatic carbocycles. The van der Waals surface area contributed by atoms with Crippen LogP contribution in [0.1, 0.15) is 43.7 Å². The van der Waals surface area contributed by atoms with Gasteiger partial charge in [-0.3, -0.25) is 14.5 Å². The van der Waals surface area contributed by atoms with Gasteiger partial charge in [0.15, 0.2) is 0 Å². The Morgan fingerprint density at radius 3 is 2.88 bits per heavy atom. The first kappa shape index (κ1) is 17.9. The van der Waals surface area contributed by atoms with Crippen molar-refractivity contribution in [2.75, 3.05) is 6.54 Å². The van der Waals surface area contributed by atoms with Crippen molar-refractivity contribution in [1.82, 2.24) is 10.2 Å². The van der Waals surface area contributed by atoms with Gasteiger partial charge in [-0.2, -0.15) is 5.26 Å². The van der Waals surface area contributed by atoms with E-state index in [-0.39, 0.29) is 18.4 Å². The first-order valence-corrected chi connectivity index (χ1v) is 8.75. The van der Waals surface area contributed by atoms with E-state index in [0.29, 0.717) is 17.5 Å². The molecule has 1 saturated heterocycles. The Labute approximate surface area is 151 Å². The minimum atomic E-state index is -0.886. The van der Waals surface area contributed by atoms with Crippen molar-refractivity contribution in [2.24, 2.45) is 5.92 Å². The number of nitriles is 1. The van der Waals surface area contributed by atoms with E-state index in [0.717, 1.165) is 24.2 Å². The molecule has 0 aromatic heterocycles. The second-order valence-corrected chi connectivity index (χ2v) is 6.87. The van der Waals surface area contributed by atoms with Crippen molar-refractivity contribution in [1.29, 1.82) is 5.26 Å². The number of urea groups is 1. The number of carbonyl (C=O) groups is 3. The normalized spacial score (nSPS) is 25.1. The van der Waals surface area contributed by atoms with Gasteiger partial charge in [-0.25, -0.2) is 4.79 Å². The Balaban J connectivity index is 1.63. The van der Waals surface area contributed by atoms with Crippen LogP contribution >= 0.6 is 0 Å². The van der Waals surface area contributed by atoms with E-state index < -0.39 is 24.1 Å². The lowest BCUT2D eigenvalue weighted by atomic mass is 9.73. The van der Waals surface area contributed by atoms with Gasteiger partial charge in [0, 0.05) is 5.56 Å². The largest absolute Gasteiger partial charge is 0.459 e. The van der Waals surface area contributed by atoms with Gasteiger partial charge in [0.25, 0.3) is 5.91 Å². The zero-order chi connectivity index (χ0) is 18.7. The standard InChI is InChI=1S/C19H21N3O4/c1-13-6-4-5-9-19(13)17(24)22(18(25)21-19)11-16(23)26-12-15-8-3-2-7-14(15)10-20/h2-3,7-8,13H,4-6,9,11-12H2,1H3,(H,21,25)/t13-,19+/m0/s1. The predicted octanol–water partition coefficient (Wildman–Crippen LogP) is 2.10. The Morgan fingerprint density at radius 1 is 1.38 bits per heavy atom. The average molecular weight is 355 g/mol. The monoisotopic (exact) mass is 355 g/mol. The number of hydrogen-bond donors (Lipinski definition) is 1. The summed E-state index contributed by atoms with van der Waals surface area (Å²) in [5, 5.41) is 11.9. The number of nitrogens with one attached hydrogen (secondary N) is 1. The fourth-order valence-corrected chi connectivity index (χ4v) is 3.73. The summed E-state index contributed by atoms with van der Waals surface area (Å²) in [6, 6.07) is 8.28.